The summed E-state index contributed by atoms with van der Waals surface area (Å²) in [6.07, 6.45) is 0.350. The van der Waals surface area contributed by atoms with Crippen molar-refractivity contribution in [1.29, 1.82) is 0 Å². The van der Waals surface area contributed by atoms with Crippen LogP contribution in [-0.4, -0.2) is 52.2 Å². The quantitative estimate of drug-likeness (QED) is 0.695. The standard InChI is InChI=1S/C14H20O6S/c1-11-12(14(15)16)5-3-6-13(11)21(17,18)10-4-7-20-9-8-19-2/h3,5-6H,4,7-10H2,1-2H3,(H,15,16). The fourth-order valence-electron chi connectivity index (χ4n) is 1.89. The second kappa shape index (κ2) is 8.11. The Morgan fingerprint density at radius 2 is 1.95 bits per heavy atom. The van der Waals surface area contributed by atoms with Crippen LogP contribution in [0.1, 0.15) is 22.3 Å². The van der Waals surface area contributed by atoms with E-state index in [1.165, 1.54) is 25.1 Å². The Hall–Kier alpha value is -1.44. The molecule has 1 N–H and O–H groups in total. The normalized spacial score (nSPS) is 11.5. The van der Waals surface area contributed by atoms with E-state index in [4.69, 9.17) is 14.6 Å². The van der Waals surface area contributed by atoms with E-state index in [1.54, 1.807) is 7.11 Å². The first-order valence-electron chi connectivity index (χ1n) is 6.52. The lowest BCUT2D eigenvalue weighted by molar-refractivity contribution is 0.0695. The first-order valence-corrected chi connectivity index (χ1v) is 8.17. The highest BCUT2D eigenvalue weighted by Gasteiger charge is 2.20. The number of sulfone groups is 1. The third-order valence-corrected chi connectivity index (χ3v) is 4.92. The van der Waals surface area contributed by atoms with Crippen LogP contribution in [0.4, 0.5) is 0 Å². The molecule has 1 aromatic carbocycles. The summed E-state index contributed by atoms with van der Waals surface area (Å²) >= 11 is 0. The van der Waals surface area contributed by atoms with Gasteiger partial charge in [-0.1, -0.05) is 6.07 Å². The number of ether oxygens (including phenoxy) is 2. The molecule has 0 aliphatic carbocycles. The van der Waals surface area contributed by atoms with Gasteiger partial charge in [0.2, 0.25) is 0 Å². The van der Waals surface area contributed by atoms with Gasteiger partial charge < -0.3 is 14.6 Å². The second-order valence-electron chi connectivity index (χ2n) is 4.51. The molecule has 0 aliphatic heterocycles. The van der Waals surface area contributed by atoms with E-state index in [1.807, 2.05) is 0 Å². The monoisotopic (exact) mass is 316 g/mol. The van der Waals surface area contributed by atoms with Crippen LogP contribution in [0.5, 0.6) is 0 Å². The Morgan fingerprint density at radius 3 is 2.57 bits per heavy atom. The first-order chi connectivity index (χ1) is 9.90. The number of carboxylic acids is 1. The SMILES string of the molecule is COCCOCCCS(=O)(=O)c1cccc(C(=O)O)c1C. The highest BCUT2D eigenvalue weighted by atomic mass is 32.2. The Labute approximate surface area is 124 Å². The van der Waals surface area contributed by atoms with Crippen LogP contribution in [0.15, 0.2) is 23.1 Å². The molecule has 0 spiro atoms. The highest BCUT2D eigenvalue weighted by molar-refractivity contribution is 7.91. The van der Waals surface area contributed by atoms with E-state index in [2.05, 4.69) is 0 Å². The maximum atomic E-state index is 12.2. The minimum absolute atomic E-state index is 0.00687. The second-order valence-corrected chi connectivity index (χ2v) is 6.59. The number of rotatable bonds is 9. The molecule has 0 aliphatic rings. The van der Waals surface area contributed by atoms with Gasteiger partial charge in [-0.25, -0.2) is 13.2 Å². The van der Waals surface area contributed by atoms with Gasteiger partial charge in [-0.3, -0.25) is 0 Å². The van der Waals surface area contributed by atoms with Gasteiger partial charge in [-0.15, -0.1) is 0 Å². The number of methoxy groups -OCH3 is 1. The molecular formula is C14H20O6S. The molecule has 0 unspecified atom stereocenters. The van der Waals surface area contributed by atoms with Gasteiger partial charge >= 0.3 is 5.97 Å². The lowest BCUT2D eigenvalue weighted by Crippen LogP contribution is -2.13. The van der Waals surface area contributed by atoms with Crippen molar-refractivity contribution in [2.45, 2.75) is 18.2 Å². The van der Waals surface area contributed by atoms with Crippen LogP contribution >= 0.6 is 0 Å². The van der Waals surface area contributed by atoms with Crippen molar-refractivity contribution in [1.82, 2.24) is 0 Å². The predicted octanol–water partition coefficient (Wildman–Crippen LogP) is 1.52. The summed E-state index contributed by atoms with van der Waals surface area (Å²) in [5.74, 6) is -1.21. The molecule has 0 amide bonds. The first kappa shape index (κ1) is 17.6. The van der Waals surface area contributed by atoms with Crippen molar-refractivity contribution in [3.63, 3.8) is 0 Å². The molecule has 118 valence electrons. The summed E-state index contributed by atoms with van der Waals surface area (Å²) in [4.78, 5) is 11.1. The fourth-order valence-corrected chi connectivity index (χ4v) is 3.47. The van der Waals surface area contributed by atoms with Crippen molar-refractivity contribution in [2.24, 2.45) is 0 Å². The molecule has 0 bridgehead atoms. The van der Waals surface area contributed by atoms with Gasteiger partial charge in [0.15, 0.2) is 9.84 Å². The summed E-state index contributed by atoms with van der Waals surface area (Å²) in [6, 6.07) is 4.27. The third-order valence-electron chi connectivity index (χ3n) is 2.98. The number of carboxylic acid groups (broad SMARTS) is 1. The fraction of sp³-hybridized carbons (Fsp3) is 0.500. The topological polar surface area (TPSA) is 89.9 Å². The number of aromatic carboxylic acids is 1. The summed E-state index contributed by atoms with van der Waals surface area (Å²) in [5, 5.41) is 9.03. The van der Waals surface area contributed by atoms with Gasteiger partial charge in [0, 0.05) is 13.7 Å². The van der Waals surface area contributed by atoms with E-state index in [-0.39, 0.29) is 21.8 Å². The third kappa shape index (κ3) is 5.11. The molecule has 0 atom stereocenters. The van der Waals surface area contributed by atoms with Gasteiger partial charge in [0.25, 0.3) is 0 Å². The number of carbonyl (C=O) groups is 1. The lowest BCUT2D eigenvalue weighted by atomic mass is 10.1. The van der Waals surface area contributed by atoms with E-state index in [9.17, 15) is 13.2 Å². The predicted molar refractivity (Wildman–Crippen MR) is 77.5 cm³/mol. The molecule has 0 heterocycles. The highest BCUT2D eigenvalue weighted by Crippen LogP contribution is 2.20. The van der Waals surface area contributed by atoms with Crippen molar-refractivity contribution in [3.05, 3.63) is 29.3 Å². The smallest absolute Gasteiger partial charge is 0.335 e. The summed E-state index contributed by atoms with van der Waals surface area (Å²) < 4.78 is 34.5. The molecule has 6 nitrogen and oxygen atoms in total. The summed E-state index contributed by atoms with van der Waals surface area (Å²) in [6.45, 7) is 2.71. The van der Waals surface area contributed by atoms with Crippen LogP contribution in [0, 0.1) is 6.92 Å². The zero-order valence-corrected chi connectivity index (χ0v) is 13.0. The molecule has 0 fully saturated rings. The van der Waals surface area contributed by atoms with Crippen LogP contribution in [0.2, 0.25) is 0 Å². The summed E-state index contributed by atoms with van der Waals surface area (Å²) in [5.41, 5.74) is 0.276. The Bertz CT molecular complexity index is 579. The molecule has 0 saturated carbocycles. The summed E-state index contributed by atoms with van der Waals surface area (Å²) in [7, 11) is -1.95. The lowest BCUT2D eigenvalue weighted by Gasteiger charge is -2.10. The molecular weight excluding hydrogens is 296 g/mol. The maximum Gasteiger partial charge on any atom is 0.335 e. The molecule has 0 radical (unpaired) electrons. The zero-order valence-electron chi connectivity index (χ0n) is 12.2. The van der Waals surface area contributed by atoms with Gasteiger partial charge in [0.1, 0.15) is 0 Å². The van der Waals surface area contributed by atoms with Gasteiger partial charge in [-0.2, -0.15) is 0 Å². The van der Waals surface area contributed by atoms with E-state index >= 15 is 0 Å². The Kier molecular flexibility index (Phi) is 6.80. The maximum absolute atomic E-state index is 12.2. The molecule has 21 heavy (non-hydrogen) atoms. The molecule has 0 saturated heterocycles. The minimum atomic E-state index is -3.51. The van der Waals surface area contributed by atoms with E-state index in [0.717, 1.165) is 0 Å². The molecule has 0 aromatic heterocycles. The largest absolute Gasteiger partial charge is 0.478 e. The van der Waals surface area contributed by atoms with Gasteiger partial charge in [-0.05, 0) is 31.0 Å². The molecule has 7 heteroatoms. The number of hydrogen-bond donors (Lipinski definition) is 1. The average Bonchev–Trinajstić information content (AvgIpc) is 2.42. The van der Waals surface area contributed by atoms with Crippen molar-refractivity contribution in [2.75, 3.05) is 32.7 Å². The van der Waals surface area contributed by atoms with Crippen LogP contribution in [0.3, 0.4) is 0 Å². The van der Waals surface area contributed by atoms with Crippen LogP contribution in [-0.2, 0) is 19.3 Å². The van der Waals surface area contributed by atoms with Crippen LogP contribution < -0.4 is 0 Å². The average molecular weight is 316 g/mol. The Balaban J connectivity index is 2.71. The number of benzene rings is 1. The van der Waals surface area contributed by atoms with Crippen molar-refractivity contribution < 1.29 is 27.8 Å². The number of hydrogen-bond acceptors (Lipinski definition) is 5. The van der Waals surface area contributed by atoms with Gasteiger partial charge in [0.05, 0.1) is 29.4 Å². The Morgan fingerprint density at radius 1 is 1.24 bits per heavy atom. The van der Waals surface area contributed by atoms with Crippen LogP contribution in [0.25, 0.3) is 0 Å². The van der Waals surface area contributed by atoms with E-state index < -0.39 is 15.8 Å². The minimum Gasteiger partial charge on any atom is -0.478 e. The zero-order chi connectivity index (χ0) is 15.9. The molecule has 1 rings (SSSR count). The molecule has 1 aromatic rings. The van der Waals surface area contributed by atoms with Crippen molar-refractivity contribution in [3.8, 4) is 0 Å². The van der Waals surface area contributed by atoms with E-state index in [0.29, 0.717) is 26.2 Å². The van der Waals surface area contributed by atoms with Crippen molar-refractivity contribution >= 4 is 15.8 Å².